The number of rotatable bonds is 3. The summed E-state index contributed by atoms with van der Waals surface area (Å²) in [5, 5.41) is -0.164. The Kier molecular flexibility index (Phi) is 4.98. The molecule has 0 aliphatic rings. The largest absolute Gasteiger partial charge is 0.418 e. The molecule has 0 aliphatic heterocycles. The lowest BCUT2D eigenvalue weighted by Gasteiger charge is -2.17. The van der Waals surface area contributed by atoms with E-state index in [1.165, 1.54) is 18.2 Å². The summed E-state index contributed by atoms with van der Waals surface area (Å²) in [5.74, 6) is 0. The molecule has 0 bridgehead atoms. The molecule has 0 spiro atoms. The van der Waals surface area contributed by atoms with Gasteiger partial charge in [-0.3, -0.25) is 4.72 Å². The van der Waals surface area contributed by atoms with Crippen molar-refractivity contribution in [3.63, 3.8) is 0 Å². The van der Waals surface area contributed by atoms with Crippen LogP contribution in [-0.2, 0) is 16.2 Å². The van der Waals surface area contributed by atoms with Gasteiger partial charge in [-0.05, 0) is 47.1 Å². The molecule has 0 saturated heterocycles. The fourth-order valence-electron chi connectivity index (χ4n) is 1.81. The van der Waals surface area contributed by atoms with Crippen LogP contribution >= 0.6 is 27.5 Å². The Morgan fingerprint density at radius 3 is 2.22 bits per heavy atom. The molecule has 124 valence electrons. The summed E-state index contributed by atoms with van der Waals surface area (Å²) in [6.45, 7) is 1.77. The Bertz CT molecular complexity index is 836. The summed E-state index contributed by atoms with van der Waals surface area (Å²) >= 11 is 8.54. The number of anilines is 1. The van der Waals surface area contributed by atoms with E-state index in [-0.39, 0.29) is 14.4 Å². The number of benzene rings is 2. The van der Waals surface area contributed by atoms with E-state index >= 15 is 0 Å². The number of nitrogens with one attached hydrogen (secondary N) is 1. The molecule has 0 saturated carbocycles. The number of sulfonamides is 1. The molecular formula is C14H10BrClF3NO2S. The van der Waals surface area contributed by atoms with E-state index in [2.05, 4.69) is 15.9 Å². The molecule has 0 heterocycles. The minimum Gasteiger partial charge on any atom is -0.278 e. The van der Waals surface area contributed by atoms with Gasteiger partial charge < -0.3 is 0 Å². The summed E-state index contributed by atoms with van der Waals surface area (Å²) in [6.07, 6.45) is -4.77. The van der Waals surface area contributed by atoms with Crippen LogP contribution in [0.1, 0.15) is 11.1 Å². The molecule has 0 unspecified atom stereocenters. The molecule has 23 heavy (non-hydrogen) atoms. The van der Waals surface area contributed by atoms with E-state index in [9.17, 15) is 21.6 Å². The number of alkyl halides is 3. The summed E-state index contributed by atoms with van der Waals surface area (Å²) in [7, 11) is -4.17. The SMILES string of the molecule is Cc1ccc(S(=O)(=O)Nc2c(Br)cc(Cl)cc2C(F)(F)F)cc1. The number of aryl methyl sites for hydroxylation is 1. The highest BCUT2D eigenvalue weighted by Crippen LogP contribution is 2.41. The molecular weight excluding hydrogens is 419 g/mol. The first-order valence-electron chi connectivity index (χ1n) is 6.16. The van der Waals surface area contributed by atoms with Gasteiger partial charge in [-0.2, -0.15) is 13.2 Å². The van der Waals surface area contributed by atoms with E-state index in [0.717, 1.165) is 5.56 Å². The fraction of sp³-hybridized carbons (Fsp3) is 0.143. The Hall–Kier alpha value is -1.25. The van der Waals surface area contributed by atoms with E-state index in [4.69, 9.17) is 11.6 Å². The zero-order chi connectivity index (χ0) is 17.4. The molecule has 0 amide bonds. The molecule has 0 aliphatic carbocycles. The number of halogens is 5. The van der Waals surface area contributed by atoms with Gasteiger partial charge in [-0.25, -0.2) is 8.42 Å². The van der Waals surface area contributed by atoms with Crippen LogP contribution < -0.4 is 4.72 Å². The average molecular weight is 429 g/mol. The van der Waals surface area contributed by atoms with Crippen molar-refractivity contribution in [2.75, 3.05) is 4.72 Å². The van der Waals surface area contributed by atoms with Crippen LogP contribution in [0.15, 0.2) is 45.8 Å². The lowest BCUT2D eigenvalue weighted by molar-refractivity contribution is -0.136. The van der Waals surface area contributed by atoms with E-state index in [1.54, 1.807) is 19.1 Å². The number of hydrogen-bond donors (Lipinski definition) is 1. The molecule has 0 fully saturated rings. The van der Waals surface area contributed by atoms with Crippen molar-refractivity contribution in [1.82, 2.24) is 0 Å². The Labute approximate surface area is 144 Å². The molecule has 0 aromatic heterocycles. The zero-order valence-corrected chi connectivity index (χ0v) is 14.7. The van der Waals surface area contributed by atoms with Gasteiger partial charge in [-0.15, -0.1) is 0 Å². The van der Waals surface area contributed by atoms with Crippen LogP contribution in [0.3, 0.4) is 0 Å². The smallest absolute Gasteiger partial charge is 0.278 e. The molecule has 0 atom stereocenters. The maximum absolute atomic E-state index is 13.1. The molecule has 2 aromatic carbocycles. The van der Waals surface area contributed by atoms with Gasteiger partial charge >= 0.3 is 6.18 Å². The summed E-state index contributed by atoms with van der Waals surface area (Å²) in [5.41, 5.74) is -0.956. The third-order valence-electron chi connectivity index (χ3n) is 2.93. The summed E-state index contributed by atoms with van der Waals surface area (Å²) in [4.78, 5) is -0.141. The van der Waals surface area contributed by atoms with Crippen LogP contribution in [0.25, 0.3) is 0 Å². The quantitative estimate of drug-likeness (QED) is 0.727. The topological polar surface area (TPSA) is 46.2 Å². The molecule has 9 heteroatoms. The van der Waals surface area contributed by atoms with Crippen molar-refractivity contribution in [3.8, 4) is 0 Å². The second-order valence-corrected chi connectivity index (χ2v) is 7.70. The van der Waals surface area contributed by atoms with E-state index in [1.807, 2.05) is 4.72 Å². The molecule has 0 radical (unpaired) electrons. The van der Waals surface area contributed by atoms with Crippen molar-refractivity contribution in [1.29, 1.82) is 0 Å². The predicted octanol–water partition coefficient (Wildman–Crippen LogP) is 5.23. The second kappa shape index (κ2) is 6.33. The zero-order valence-electron chi connectivity index (χ0n) is 11.6. The van der Waals surface area contributed by atoms with Gasteiger partial charge in [0.15, 0.2) is 0 Å². The van der Waals surface area contributed by atoms with E-state index < -0.39 is 27.5 Å². The monoisotopic (exact) mass is 427 g/mol. The van der Waals surface area contributed by atoms with Crippen LogP contribution in [0, 0.1) is 6.92 Å². The molecule has 1 N–H and O–H groups in total. The molecule has 2 aromatic rings. The van der Waals surface area contributed by atoms with Gasteiger partial charge in [0.1, 0.15) is 0 Å². The predicted molar refractivity (Wildman–Crippen MR) is 86.1 cm³/mol. The van der Waals surface area contributed by atoms with Gasteiger partial charge in [0, 0.05) is 9.50 Å². The third kappa shape index (κ3) is 4.19. The van der Waals surface area contributed by atoms with Crippen molar-refractivity contribution in [3.05, 3.63) is 57.0 Å². The van der Waals surface area contributed by atoms with Crippen LogP contribution in [0.2, 0.25) is 5.02 Å². The Morgan fingerprint density at radius 2 is 1.70 bits per heavy atom. The lowest BCUT2D eigenvalue weighted by Crippen LogP contribution is -2.17. The maximum atomic E-state index is 13.1. The first-order chi connectivity index (χ1) is 10.5. The Morgan fingerprint density at radius 1 is 1.13 bits per heavy atom. The van der Waals surface area contributed by atoms with Crippen LogP contribution in [-0.4, -0.2) is 8.42 Å². The first kappa shape index (κ1) is 18.1. The van der Waals surface area contributed by atoms with Crippen molar-refractivity contribution >= 4 is 43.2 Å². The normalized spacial score (nSPS) is 12.3. The highest BCUT2D eigenvalue weighted by molar-refractivity contribution is 9.10. The van der Waals surface area contributed by atoms with E-state index in [0.29, 0.717) is 6.07 Å². The highest BCUT2D eigenvalue weighted by Gasteiger charge is 2.36. The van der Waals surface area contributed by atoms with Crippen molar-refractivity contribution in [2.45, 2.75) is 18.0 Å². The molecule has 2 rings (SSSR count). The number of hydrogen-bond acceptors (Lipinski definition) is 2. The summed E-state index contributed by atoms with van der Waals surface area (Å²) in [6, 6.07) is 7.58. The Balaban J connectivity index is 2.53. The minimum absolute atomic E-state index is 0.104. The standard InChI is InChI=1S/C14H10BrClF3NO2S/c1-8-2-4-10(5-3-8)23(21,22)20-13-11(14(17,18)19)6-9(16)7-12(13)15/h2-7,20H,1H3. The first-order valence-corrected chi connectivity index (χ1v) is 8.82. The van der Waals surface area contributed by atoms with Gasteiger partial charge in [-0.1, -0.05) is 29.3 Å². The van der Waals surface area contributed by atoms with Crippen molar-refractivity contribution in [2.24, 2.45) is 0 Å². The fourth-order valence-corrected chi connectivity index (χ4v) is 3.95. The van der Waals surface area contributed by atoms with Gasteiger partial charge in [0.2, 0.25) is 0 Å². The van der Waals surface area contributed by atoms with Gasteiger partial charge in [0.25, 0.3) is 10.0 Å². The third-order valence-corrected chi connectivity index (χ3v) is 5.14. The second-order valence-electron chi connectivity index (χ2n) is 4.73. The lowest BCUT2D eigenvalue weighted by atomic mass is 10.2. The maximum Gasteiger partial charge on any atom is 0.418 e. The highest BCUT2D eigenvalue weighted by atomic mass is 79.9. The van der Waals surface area contributed by atoms with Crippen molar-refractivity contribution < 1.29 is 21.6 Å². The van der Waals surface area contributed by atoms with Crippen LogP contribution in [0.5, 0.6) is 0 Å². The summed E-state index contributed by atoms with van der Waals surface area (Å²) < 4.78 is 65.8. The van der Waals surface area contributed by atoms with Gasteiger partial charge in [0.05, 0.1) is 16.1 Å². The minimum atomic E-state index is -4.77. The average Bonchev–Trinajstić information content (AvgIpc) is 2.41. The molecule has 3 nitrogen and oxygen atoms in total. The van der Waals surface area contributed by atoms with Crippen LogP contribution in [0.4, 0.5) is 18.9 Å².